The minimum absolute atomic E-state index is 0.00810. The van der Waals surface area contributed by atoms with Gasteiger partial charge in [0.25, 0.3) is 5.69 Å². The molecule has 0 atom stereocenters. The number of rotatable bonds is 3. The minimum atomic E-state index is -0.470. The summed E-state index contributed by atoms with van der Waals surface area (Å²) in [6, 6.07) is 2.91. The second kappa shape index (κ2) is 4.39. The fourth-order valence-corrected chi connectivity index (χ4v) is 1.75. The number of hydrogen-bond donors (Lipinski definition) is 1. The molecule has 0 unspecified atom stereocenters. The van der Waals surface area contributed by atoms with Crippen LogP contribution in [0.3, 0.4) is 0 Å². The summed E-state index contributed by atoms with van der Waals surface area (Å²) < 4.78 is 5.40. The maximum Gasteiger partial charge on any atom is 0.284 e. The summed E-state index contributed by atoms with van der Waals surface area (Å²) >= 11 is 3.13. The minimum Gasteiger partial charge on any atom is -0.496 e. The number of ether oxygens (including phenoxy) is 1. The van der Waals surface area contributed by atoms with E-state index in [1.54, 1.807) is 0 Å². The van der Waals surface area contributed by atoms with E-state index in [2.05, 4.69) is 15.9 Å². The third-order valence-corrected chi connectivity index (χ3v) is 2.69. The van der Waals surface area contributed by atoms with Crippen molar-refractivity contribution in [3.63, 3.8) is 0 Å². The first-order valence-corrected chi connectivity index (χ1v) is 4.61. The van der Waals surface area contributed by atoms with E-state index < -0.39 is 4.92 Å². The Morgan fingerprint density at radius 3 is 2.71 bits per heavy atom. The predicted molar refractivity (Wildman–Crippen MR) is 55.2 cm³/mol. The number of nitro groups is 1. The highest BCUT2D eigenvalue weighted by molar-refractivity contribution is 9.10. The van der Waals surface area contributed by atoms with Gasteiger partial charge in [0.1, 0.15) is 10.2 Å². The van der Waals surface area contributed by atoms with Gasteiger partial charge in [-0.05, 0) is 22.0 Å². The first kappa shape index (κ1) is 10.9. The lowest BCUT2D eigenvalue weighted by Crippen LogP contribution is -2.03. The molecule has 0 aliphatic rings. The van der Waals surface area contributed by atoms with Gasteiger partial charge in [0.2, 0.25) is 0 Å². The Morgan fingerprint density at radius 1 is 1.64 bits per heavy atom. The van der Waals surface area contributed by atoms with Gasteiger partial charge in [0, 0.05) is 18.2 Å². The number of benzene rings is 1. The highest BCUT2D eigenvalue weighted by Gasteiger charge is 2.17. The number of nitrogens with zero attached hydrogens (tertiary/aromatic N) is 1. The van der Waals surface area contributed by atoms with E-state index in [1.165, 1.54) is 19.2 Å². The van der Waals surface area contributed by atoms with Crippen LogP contribution in [0.2, 0.25) is 0 Å². The maximum absolute atomic E-state index is 10.6. The fraction of sp³-hybridized carbons (Fsp3) is 0.250. The molecule has 2 N–H and O–H groups in total. The zero-order valence-electron chi connectivity index (χ0n) is 7.49. The Bertz CT molecular complexity index is 368. The zero-order valence-corrected chi connectivity index (χ0v) is 9.08. The fourth-order valence-electron chi connectivity index (χ4n) is 1.11. The lowest BCUT2D eigenvalue weighted by Gasteiger charge is -2.08. The molecule has 1 aromatic rings. The lowest BCUT2D eigenvalue weighted by atomic mass is 10.2. The normalized spacial score (nSPS) is 9.93. The molecule has 0 bridgehead atoms. The van der Waals surface area contributed by atoms with E-state index in [0.29, 0.717) is 15.8 Å². The van der Waals surface area contributed by atoms with Crippen molar-refractivity contribution in [1.82, 2.24) is 0 Å². The average molecular weight is 261 g/mol. The van der Waals surface area contributed by atoms with Crippen molar-refractivity contribution in [2.24, 2.45) is 5.73 Å². The molecular weight excluding hydrogens is 252 g/mol. The number of methoxy groups -OCH3 is 1. The third-order valence-electron chi connectivity index (χ3n) is 1.80. The second-order valence-electron chi connectivity index (χ2n) is 2.54. The monoisotopic (exact) mass is 260 g/mol. The van der Waals surface area contributed by atoms with Crippen molar-refractivity contribution in [3.05, 3.63) is 32.3 Å². The van der Waals surface area contributed by atoms with Crippen LogP contribution in [0.25, 0.3) is 0 Å². The van der Waals surface area contributed by atoms with Gasteiger partial charge >= 0.3 is 0 Å². The van der Waals surface area contributed by atoms with Crippen molar-refractivity contribution in [2.45, 2.75) is 6.54 Å². The molecule has 0 saturated carbocycles. The van der Waals surface area contributed by atoms with E-state index in [0.717, 1.165) is 0 Å². The van der Waals surface area contributed by atoms with E-state index in [4.69, 9.17) is 10.5 Å². The Kier molecular flexibility index (Phi) is 3.43. The Labute approximate surface area is 89.1 Å². The van der Waals surface area contributed by atoms with Crippen LogP contribution in [-0.2, 0) is 6.54 Å². The Hall–Kier alpha value is -1.14. The van der Waals surface area contributed by atoms with Crippen molar-refractivity contribution >= 4 is 21.6 Å². The topological polar surface area (TPSA) is 78.4 Å². The van der Waals surface area contributed by atoms with Crippen molar-refractivity contribution in [2.75, 3.05) is 7.11 Å². The van der Waals surface area contributed by atoms with Gasteiger partial charge in [0.05, 0.1) is 12.0 Å². The molecule has 14 heavy (non-hydrogen) atoms. The molecule has 0 aromatic heterocycles. The molecule has 0 aliphatic carbocycles. The van der Waals surface area contributed by atoms with Gasteiger partial charge in [-0.25, -0.2) is 0 Å². The van der Waals surface area contributed by atoms with E-state index in [9.17, 15) is 10.1 Å². The number of halogens is 1. The first-order chi connectivity index (χ1) is 6.61. The third kappa shape index (κ3) is 1.85. The molecule has 1 aromatic carbocycles. The summed E-state index contributed by atoms with van der Waals surface area (Å²) in [6.07, 6.45) is 0. The molecule has 0 spiro atoms. The molecule has 5 nitrogen and oxygen atoms in total. The van der Waals surface area contributed by atoms with Crippen LogP contribution in [0.4, 0.5) is 5.69 Å². The SMILES string of the molecule is COc1ccc([N+](=O)[O-])c(Br)c1CN. The van der Waals surface area contributed by atoms with E-state index in [1.807, 2.05) is 0 Å². The molecule has 0 heterocycles. The largest absolute Gasteiger partial charge is 0.496 e. The number of nitro benzene ring substituents is 1. The molecule has 0 fully saturated rings. The smallest absolute Gasteiger partial charge is 0.284 e. The molecular formula is C8H9BrN2O3. The molecule has 0 saturated heterocycles. The predicted octanol–water partition coefficient (Wildman–Crippen LogP) is 1.82. The van der Waals surface area contributed by atoms with E-state index >= 15 is 0 Å². The van der Waals surface area contributed by atoms with Crippen molar-refractivity contribution in [3.8, 4) is 5.75 Å². The van der Waals surface area contributed by atoms with Crippen LogP contribution >= 0.6 is 15.9 Å². The van der Waals surface area contributed by atoms with Crippen LogP contribution in [0, 0.1) is 10.1 Å². The van der Waals surface area contributed by atoms with Crippen LogP contribution in [0.5, 0.6) is 5.75 Å². The van der Waals surface area contributed by atoms with Gasteiger partial charge in [0.15, 0.2) is 0 Å². The summed E-state index contributed by atoms with van der Waals surface area (Å²) in [6.45, 7) is 0.186. The Morgan fingerprint density at radius 2 is 2.29 bits per heavy atom. The lowest BCUT2D eigenvalue weighted by molar-refractivity contribution is -0.385. The summed E-state index contributed by atoms with van der Waals surface area (Å²) in [5.74, 6) is 0.546. The van der Waals surface area contributed by atoms with Gasteiger partial charge in [-0.15, -0.1) is 0 Å². The number of nitrogens with two attached hydrogens (primary N) is 1. The average Bonchev–Trinajstić information content (AvgIpc) is 2.16. The molecule has 0 radical (unpaired) electrons. The Balaban J connectivity index is 3.34. The first-order valence-electron chi connectivity index (χ1n) is 3.81. The van der Waals surface area contributed by atoms with Gasteiger partial charge in [-0.3, -0.25) is 10.1 Å². The quantitative estimate of drug-likeness (QED) is 0.664. The van der Waals surface area contributed by atoms with Gasteiger partial charge in [-0.1, -0.05) is 0 Å². The van der Waals surface area contributed by atoms with Gasteiger partial charge in [-0.2, -0.15) is 0 Å². The molecule has 0 aliphatic heterocycles. The molecule has 76 valence electrons. The second-order valence-corrected chi connectivity index (χ2v) is 3.33. The maximum atomic E-state index is 10.6. The van der Waals surface area contributed by atoms with Crippen LogP contribution in [0.1, 0.15) is 5.56 Å². The molecule has 0 amide bonds. The van der Waals surface area contributed by atoms with Crippen molar-refractivity contribution < 1.29 is 9.66 Å². The van der Waals surface area contributed by atoms with E-state index in [-0.39, 0.29) is 12.2 Å². The highest BCUT2D eigenvalue weighted by Crippen LogP contribution is 2.34. The zero-order chi connectivity index (χ0) is 10.7. The summed E-state index contributed by atoms with van der Waals surface area (Å²) in [7, 11) is 1.49. The van der Waals surface area contributed by atoms with Crippen molar-refractivity contribution in [1.29, 1.82) is 0 Å². The van der Waals surface area contributed by atoms with Gasteiger partial charge < -0.3 is 10.5 Å². The van der Waals surface area contributed by atoms with Crippen LogP contribution < -0.4 is 10.5 Å². The molecule has 6 heteroatoms. The molecule has 1 rings (SSSR count). The highest BCUT2D eigenvalue weighted by atomic mass is 79.9. The van der Waals surface area contributed by atoms with Crippen LogP contribution in [0.15, 0.2) is 16.6 Å². The summed E-state index contributed by atoms with van der Waals surface area (Å²) in [5, 5.41) is 10.6. The summed E-state index contributed by atoms with van der Waals surface area (Å²) in [4.78, 5) is 10.1. The summed E-state index contributed by atoms with van der Waals surface area (Å²) in [5.41, 5.74) is 6.05. The standard InChI is InChI=1S/C8H9BrN2O3/c1-14-7-3-2-6(11(12)13)8(9)5(7)4-10/h2-3H,4,10H2,1H3. The number of hydrogen-bond acceptors (Lipinski definition) is 4. The van der Waals surface area contributed by atoms with Crippen LogP contribution in [-0.4, -0.2) is 12.0 Å².